The summed E-state index contributed by atoms with van der Waals surface area (Å²) in [5.74, 6) is 2.04. The van der Waals surface area contributed by atoms with Crippen LogP contribution >= 0.6 is 11.6 Å². The van der Waals surface area contributed by atoms with Crippen molar-refractivity contribution in [2.75, 3.05) is 47.6 Å². The van der Waals surface area contributed by atoms with Crippen LogP contribution in [0.4, 0.5) is 0 Å². The minimum absolute atomic E-state index is 0.181. The van der Waals surface area contributed by atoms with Crippen LogP contribution < -0.4 is 14.2 Å². The van der Waals surface area contributed by atoms with E-state index in [4.69, 9.17) is 30.5 Å². The molecule has 0 aliphatic rings. The van der Waals surface area contributed by atoms with Crippen molar-refractivity contribution < 1.29 is 24.1 Å². The third-order valence-corrected chi connectivity index (χ3v) is 4.47. The predicted octanol–water partition coefficient (Wildman–Crippen LogP) is 3.25. The van der Waals surface area contributed by atoms with Gasteiger partial charge >= 0.3 is 0 Å². The molecule has 0 radical (unpaired) electrons. The van der Waals surface area contributed by atoms with Gasteiger partial charge in [-0.3, -0.25) is 4.90 Å². The van der Waals surface area contributed by atoms with Crippen molar-refractivity contribution in [1.82, 2.24) is 4.90 Å². The fourth-order valence-electron chi connectivity index (χ4n) is 2.85. The molecule has 0 fully saturated rings. The number of aliphatic hydroxyl groups is 1. The van der Waals surface area contributed by atoms with Crippen molar-refractivity contribution in [3.63, 3.8) is 0 Å². The maximum Gasteiger partial charge on any atom is 0.165 e. The lowest BCUT2D eigenvalue weighted by Crippen LogP contribution is -2.37. The second kappa shape index (κ2) is 11.8. The standard InChI is InChI=1S/C21H28ClNO5/c1-25-12-11-23(13-16-5-4-6-20(26-2)21(16)27-3)14-18(24)15-28-19-9-7-17(22)8-10-19/h4-10,18,24H,11-15H2,1-3H3/t18-/m1/s1. The van der Waals surface area contributed by atoms with E-state index in [0.29, 0.717) is 48.5 Å². The van der Waals surface area contributed by atoms with Crippen LogP contribution in [0, 0.1) is 0 Å². The molecule has 28 heavy (non-hydrogen) atoms. The summed E-state index contributed by atoms with van der Waals surface area (Å²) in [7, 11) is 4.89. The van der Waals surface area contributed by atoms with E-state index in [2.05, 4.69) is 4.90 Å². The highest BCUT2D eigenvalue weighted by atomic mass is 35.5. The molecule has 1 N–H and O–H groups in total. The third kappa shape index (κ3) is 6.87. The van der Waals surface area contributed by atoms with Gasteiger partial charge in [0.05, 0.1) is 20.8 Å². The summed E-state index contributed by atoms with van der Waals surface area (Å²) < 4.78 is 21.7. The normalized spacial score (nSPS) is 12.1. The first-order valence-electron chi connectivity index (χ1n) is 9.05. The molecule has 7 heteroatoms. The van der Waals surface area contributed by atoms with Gasteiger partial charge in [-0.2, -0.15) is 0 Å². The number of halogens is 1. The number of methoxy groups -OCH3 is 3. The van der Waals surface area contributed by atoms with Crippen LogP contribution in [-0.4, -0.2) is 63.7 Å². The minimum atomic E-state index is -0.663. The summed E-state index contributed by atoms with van der Waals surface area (Å²) in [5, 5.41) is 11.1. The maximum absolute atomic E-state index is 10.5. The van der Waals surface area contributed by atoms with E-state index in [1.807, 2.05) is 18.2 Å². The van der Waals surface area contributed by atoms with Gasteiger partial charge in [0.1, 0.15) is 18.5 Å². The van der Waals surface area contributed by atoms with Gasteiger partial charge in [0.25, 0.3) is 0 Å². The molecule has 0 saturated heterocycles. The zero-order valence-corrected chi connectivity index (χ0v) is 17.3. The van der Waals surface area contributed by atoms with Crippen molar-refractivity contribution in [2.45, 2.75) is 12.6 Å². The van der Waals surface area contributed by atoms with E-state index >= 15 is 0 Å². The molecular weight excluding hydrogens is 382 g/mol. The molecule has 0 bridgehead atoms. The number of ether oxygens (including phenoxy) is 4. The zero-order chi connectivity index (χ0) is 20.4. The average Bonchev–Trinajstić information content (AvgIpc) is 2.71. The monoisotopic (exact) mass is 409 g/mol. The quantitative estimate of drug-likeness (QED) is 0.580. The number of para-hydroxylation sites is 1. The predicted molar refractivity (Wildman–Crippen MR) is 110 cm³/mol. The fourth-order valence-corrected chi connectivity index (χ4v) is 2.97. The lowest BCUT2D eigenvalue weighted by molar-refractivity contribution is 0.0539. The minimum Gasteiger partial charge on any atom is -0.493 e. The van der Waals surface area contributed by atoms with Gasteiger partial charge in [0.15, 0.2) is 11.5 Å². The van der Waals surface area contributed by atoms with Gasteiger partial charge in [-0.25, -0.2) is 0 Å². The summed E-state index contributed by atoms with van der Waals surface area (Å²) in [6.45, 7) is 2.41. The SMILES string of the molecule is COCCN(Cc1cccc(OC)c1OC)C[C@@H](O)COc1ccc(Cl)cc1. The summed E-state index contributed by atoms with van der Waals surface area (Å²) in [4.78, 5) is 2.09. The Morgan fingerprint density at radius 1 is 1.04 bits per heavy atom. The van der Waals surface area contributed by atoms with Crippen LogP contribution in [0.2, 0.25) is 5.02 Å². The molecule has 0 aliphatic carbocycles. The number of hydrogen-bond donors (Lipinski definition) is 1. The van der Waals surface area contributed by atoms with Crippen molar-refractivity contribution in [3.05, 3.63) is 53.1 Å². The Balaban J connectivity index is 1.99. The first kappa shape index (κ1) is 22.3. The highest BCUT2D eigenvalue weighted by molar-refractivity contribution is 6.30. The second-order valence-corrected chi connectivity index (χ2v) is 6.74. The van der Waals surface area contributed by atoms with Crippen LogP contribution in [0.15, 0.2) is 42.5 Å². The van der Waals surface area contributed by atoms with Gasteiger partial charge in [-0.05, 0) is 30.3 Å². The Bertz CT molecular complexity index is 710. The van der Waals surface area contributed by atoms with Crippen LogP contribution in [0.1, 0.15) is 5.56 Å². The lowest BCUT2D eigenvalue weighted by atomic mass is 10.1. The van der Waals surface area contributed by atoms with Crippen LogP contribution in [-0.2, 0) is 11.3 Å². The van der Waals surface area contributed by atoms with Gasteiger partial charge in [0.2, 0.25) is 0 Å². The van der Waals surface area contributed by atoms with Gasteiger partial charge in [0, 0.05) is 37.3 Å². The summed E-state index contributed by atoms with van der Waals surface area (Å²) in [6, 6.07) is 12.8. The Hall–Kier alpha value is -1.99. The molecule has 154 valence electrons. The molecule has 6 nitrogen and oxygen atoms in total. The second-order valence-electron chi connectivity index (χ2n) is 6.30. The molecule has 0 aromatic heterocycles. The number of aliphatic hydroxyl groups excluding tert-OH is 1. The highest BCUT2D eigenvalue weighted by Crippen LogP contribution is 2.31. The summed E-state index contributed by atoms with van der Waals surface area (Å²) >= 11 is 5.87. The number of hydrogen-bond acceptors (Lipinski definition) is 6. The van der Waals surface area contributed by atoms with Crippen LogP contribution in [0.25, 0.3) is 0 Å². The molecule has 0 unspecified atom stereocenters. The maximum atomic E-state index is 10.5. The Labute approximate surface area is 171 Å². The third-order valence-electron chi connectivity index (χ3n) is 4.22. The van der Waals surface area contributed by atoms with Gasteiger partial charge < -0.3 is 24.1 Å². The molecule has 2 aromatic carbocycles. The number of nitrogens with zero attached hydrogens (tertiary/aromatic N) is 1. The van der Waals surface area contributed by atoms with E-state index in [9.17, 15) is 5.11 Å². The first-order chi connectivity index (χ1) is 13.6. The highest BCUT2D eigenvalue weighted by Gasteiger charge is 2.17. The topological polar surface area (TPSA) is 60.4 Å². The Morgan fingerprint density at radius 3 is 2.43 bits per heavy atom. The molecule has 0 spiro atoms. The summed E-state index contributed by atoms with van der Waals surface area (Å²) in [6.07, 6.45) is -0.663. The average molecular weight is 410 g/mol. The molecular formula is C21H28ClNO5. The Morgan fingerprint density at radius 2 is 1.79 bits per heavy atom. The molecule has 0 heterocycles. The summed E-state index contributed by atoms with van der Waals surface area (Å²) in [5.41, 5.74) is 0.976. The molecule has 2 rings (SSSR count). The Kier molecular flexibility index (Phi) is 9.37. The van der Waals surface area contributed by atoms with E-state index < -0.39 is 6.10 Å². The molecule has 0 amide bonds. The van der Waals surface area contributed by atoms with Crippen molar-refractivity contribution in [2.24, 2.45) is 0 Å². The number of benzene rings is 2. The van der Waals surface area contributed by atoms with Crippen molar-refractivity contribution >= 4 is 11.6 Å². The molecule has 2 aromatic rings. The van der Waals surface area contributed by atoms with Crippen molar-refractivity contribution in [1.29, 1.82) is 0 Å². The number of rotatable bonds is 12. The van der Waals surface area contributed by atoms with Gasteiger partial charge in [-0.15, -0.1) is 0 Å². The fraction of sp³-hybridized carbons (Fsp3) is 0.429. The van der Waals surface area contributed by atoms with E-state index in [0.717, 1.165) is 5.56 Å². The molecule has 0 saturated carbocycles. The van der Waals surface area contributed by atoms with Crippen LogP contribution in [0.3, 0.4) is 0 Å². The molecule has 0 aliphatic heterocycles. The first-order valence-corrected chi connectivity index (χ1v) is 9.42. The lowest BCUT2D eigenvalue weighted by Gasteiger charge is -2.26. The largest absolute Gasteiger partial charge is 0.493 e. The smallest absolute Gasteiger partial charge is 0.165 e. The zero-order valence-electron chi connectivity index (χ0n) is 16.6. The molecule has 1 atom stereocenters. The van der Waals surface area contributed by atoms with E-state index in [1.54, 1.807) is 45.6 Å². The van der Waals surface area contributed by atoms with Gasteiger partial charge in [-0.1, -0.05) is 23.7 Å². The van der Waals surface area contributed by atoms with E-state index in [1.165, 1.54) is 0 Å². The van der Waals surface area contributed by atoms with E-state index in [-0.39, 0.29) is 6.61 Å². The van der Waals surface area contributed by atoms with Crippen molar-refractivity contribution in [3.8, 4) is 17.2 Å². The van der Waals surface area contributed by atoms with Crippen LogP contribution in [0.5, 0.6) is 17.2 Å².